The van der Waals surface area contributed by atoms with Gasteiger partial charge in [-0.15, -0.1) is 0 Å². The molecule has 0 bridgehead atoms. The van der Waals surface area contributed by atoms with Crippen LogP contribution < -0.4 is 5.32 Å². The predicted octanol–water partition coefficient (Wildman–Crippen LogP) is 3.06. The lowest BCUT2D eigenvalue weighted by atomic mass is 10.2. The van der Waals surface area contributed by atoms with E-state index in [1.165, 1.54) is 12.5 Å². The number of nitrogens with zero attached hydrogens (tertiary/aromatic N) is 2. The lowest BCUT2D eigenvalue weighted by Crippen LogP contribution is -2.36. The van der Waals surface area contributed by atoms with E-state index in [0.717, 1.165) is 25.0 Å². The average Bonchev–Trinajstić information content (AvgIpc) is 3.19. The molecule has 140 valence electrons. The normalized spacial score (nSPS) is 10.5. The summed E-state index contributed by atoms with van der Waals surface area (Å²) in [6.45, 7) is 3.72. The summed E-state index contributed by atoms with van der Waals surface area (Å²) in [5, 5.41) is 2.89. The summed E-state index contributed by atoms with van der Waals surface area (Å²) in [6, 6.07) is 7.39. The Morgan fingerprint density at radius 2 is 2.08 bits per heavy atom. The number of hydrogen-bond donors (Lipinski definition) is 1. The molecule has 0 aliphatic rings. The van der Waals surface area contributed by atoms with Crippen molar-refractivity contribution in [1.82, 2.24) is 15.2 Å². The molecule has 0 saturated heterocycles. The van der Waals surface area contributed by atoms with E-state index in [0.29, 0.717) is 31.6 Å². The molecule has 6 heteroatoms. The topological polar surface area (TPSA) is 75.4 Å². The molecule has 2 aromatic heterocycles. The Morgan fingerprint density at radius 1 is 1.19 bits per heavy atom. The maximum atomic E-state index is 12.5. The largest absolute Gasteiger partial charge is 0.472 e. The van der Waals surface area contributed by atoms with Gasteiger partial charge >= 0.3 is 0 Å². The van der Waals surface area contributed by atoms with Gasteiger partial charge in [-0.2, -0.15) is 0 Å². The third-order valence-corrected chi connectivity index (χ3v) is 4.13. The van der Waals surface area contributed by atoms with Gasteiger partial charge in [-0.3, -0.25) is 14.6 Å². The van der Waals surface area contributed by atoms with E-state index in [2.05, 4.69) is 17.2 Å². The Balaban J connectivity index is 1.77. The van der Waals surface area contributed by atoms with Crippen LogP contribution in [0.15, 0.2) is 47.4 Å². The zero-order valence-corrected chi connectivity index (χ0v) is 15.3. The summed E-state index contributed by atoms with van der Waals surface area (Å²) in [5.41, 5.74) is 1.47. The van der Waals surface area contributed by atoms with Gasteiger partial charge in [-0.05, 0) is 24.6 Å². The van der Waals surface area contributed by atoms with Crippen LogP contribution in [0.5, 0.6) is 0 Å². The van der Waals surface area contributed by atoms with Crippen molar-refractivity contribution in [3.8, 4) is 0 Å². The molecule has 0 fully saturated rings. The fourth-order valence-corrected chi connectivity index (χ4v) is 2.64. The molecule has 6 nitrogen and oxygen atoms in total. The third kappa shape index (κ3) is 6.70. The first-order chi connectivity index (χ1) is 12.7. The fourth-order valence-electron chi connectivity index (χ4n) is 2.64. The van der Waals surface area contributed by atoms with Crippen molar-refractivity contribution in [2.75, 3.05) is 19.6 Å². The summed E-state index contributed by atoms with van der Waals surface area (Å²) in [4.78, 5) is 30.6. The number of carbonyl (C=O) groups excluding carboxylic acids is 2. The number of carbonyl (C=O) groups is 2. The summed E-state index contributed by atoms with van der Waals surface area (Å²) in [7, 11) is 0. The van der Waals surface area contributed by atoms with Gasteiger partial charge in [0.15, 0.2) is 0 Å². The number of nitrogens with one attached hydrogen (secondary N) is 1. The van der Waals surface area contributed by atoms with Crippen molar-refractivity contribution in [3.63, 3.8) is 0 Å². The van der Waals surface area contributed by atoms with E-state index in [-0.39, 0.29) is 18.2 Å². The van der Waals surface area contributed by atoms with Crippen LogP contribution in [-0.4, -0.2) is 41.3 Å². The van der Waals surface area contributed by atoms with E-state index < -0.39 is 0 Å². The van der Waals surface area contributed by atoms with Gasteiger partial charge in [0, 0.05) is 44.4 Å². The summed E-state index contributed by atoms with van der Waals surface area (Å²) in [6.07, 6.45) is 8.74. The van der Waals surface area contributed by atoms with Crippen LogP contribution in [0.25, 0.3) is 0 Å². The molecular formula is C20H27N3O3. The molecule has 0 aliphatic carbocycles. The van der Waals surface area contributed by atoms with Crippen molar-refractivity contribution in [3.05, 3.63) is 54.2 Å². The Labute approximate surface area is 154 Å². The number of pyridine rings is 1. The second kappa shape index (κ2) is 11.1. The van der Waals surface area contributed by atoms with Crippen molar-refractivity contribution in [2.45, 2.75) is 39.0 Å². The van der Waals surface area contributed by atoms with Crippen molar-refractivity contribution >= 4 is 11.8 Å². The second-order valence-corrected chi connectivity index (χ2v) is 6.18. The number of rotatable bonds is 11. The maximum absolute atomic E-state index is 12.5. The number of amides is 2. The highest BCUT2D eigenvalue weighted by molar-refractivity contribution is 5.94. The van der Waals surface area contributed by atoms with Crippen LogP contribution in [0.3, 0.4) is 0 Å². The quantitative estimate of drug-likeness (QED) is 0.627. The summed E-state index contributed by atoms with van der Waals surface area (Å²) >= 11 is 0. The Bertz CT molecular complexity index is 656. The van der Waals surface area contributed by atoms with Crippen LogP contribution in [-0.2, 0) is 11.2 Å². The van der Waals surface area contributed by atoms with E-state index in [1.54, 1.807) is 17.2 Å². The zero-order chi connectivity index (χ0) is 18.6. The first-order valence-corrected chi connectivity index (χ1v) is 9.18. The van der Waals surface area contributed by atoms with Gasteiger partial charge in [0.05, 0.1) is 11.8 Å². The average molecular weight is 357 g/mol. The SMILES string of the molecule is CCCCCN(CCC(=O)NCCc1ccccn1)C(=O)c1ccoc1. The molecule has 0 atom stereocenters. The highest BCUT2D eigenvalue weighted by Gasteiger charge is 2.17. The standard InChI is InChI=1S/C20H27N3O3/c1-2-3-6-13-23(20(25)17-10-15-26-16-17)14-9-19(24)22-12-8-18-7-4-5-11-21-18/h4-5,7,10-11,15-16H,2-3,6,8-9,12-14H2,1H3,(H,22,24). The molecule has 26 heavy (non-hydrogen) atoms. The summed E-state index contributed by atoms with van der Waals surface area (Å²) in [5.74, 6) is -0.141. The Hall–Kier alpha value is -2.63. The molecular weight excluding hydrogens is 330 g/mol. The van der Waals surface area contributed by atoms with E-state index in [1.807, 2.05) is 18.2 Å². The number of hydrogen-bond acceptors (Lipinski definition) is 4. The number of aromatic nitrogens is 1. The fraction of sp³-hybridized carbons (Fsp3) is 0.450. The lowest BCUT2D eigenvalue weighted by Gasteiger charge is -2.22. The molecule has 0 aromatic carbocycles. The molecule has 0 unspecified atom stereocenters. The maximum Gasteiger partial charge on any atom is 0.257 e. The van der Waals surface area contributed by atoms with Crippen LogP contribution in [0, 0.1) is 0 Å². The predicted molar refractivity (Wildman–Crippen MR) is 99.7 cm³/mol. The van der Waals surface area contributed by atoms with Gasteiger partial charge in [-0.25, -0.2) is 0 Å². The first-order valence-electron chi connectivity index (χ1n) is 9.18. The Kier molecular flexibility index (Phi) is 8.39. The highest BCUT2D eigenvalue weighted by Crippen LogP contribution is 2.08. The minimum atomic E-state index is -0.0869. The minimum Gasteiger partial charge on any atom is -0.472 e. The third-order valence-electron chi connectivity index (χ3n) is 4.13. The molecule has 2 amide bonds. The highest BCUT2D eigenvalue weighted by atomic mass is 16.3. The van der Waals surface area contributed by atoms with Crippen molar-refractivity contribution < 1.29 is 14.0 Å². The zero-order valence-electron chi connectivity index (χ0n) is 15.3. The van der Waals surface area contributed by atoms with E-state index in [9.17, 15) is 9.59 Å². The van der Waals surface area contributed by atoms with Gasteiger partial charge < -0.3 is 14.6 Å². The van der Waals surface area contributed by atoms with Crippen molar-refractivity contribution in [2.24, 2.45) is 0 Å². The molecule has 2 heterocycles. The smallest absolute Gasteiger partial charge is 0.257 e. The van der Waals surface area contributed by atoms with Gasteiger partial charge in [0.25, 0.3) is 5.91 Å². The molecule has 2 rings (SSSR count). The molecule has 0 saturated carbocycles. The van der Waals surface area contributed by atoms with Crippen molar-refractivity contribution in [1.29, 1.82) is 0 Å². The van der Waals surface area contributed by atoms with Gasteiger partial charge in [-0.1, -0.05) is 25.8 Å². The molecule has 0 radical (unpaired) electrons. The van der Waals surface area contributed by atoms with Crippen LogP contribution in [0.2, 0.25) is 0 Å². The Morgan fingerprint density at radius 3 is 2.77 bits per heavy atom. The lowest BCUT2D eigenvalue weighted by molar-refractivity contribution is -0.121. The van der Waals surface area contributed by atoms with E-state index in [4.69, 9.17) is 4.42 Å². The molecule has 0 spiro atoms. The minimum absolute atomic E-state index is 0.0542. The van der Waals surface area contributed by atoms with E-state index >= 15 is 0 Å². The first kappa shape index (κ1) is 19.7. The summed E-state index contributed by atoms with van der Waals surface area (Å²) < 4.78 is 5.00. The molecule has 2 aromatic rings. The number of furan rings is 1. The monoisotopic (exact) mass is 357 g/mol. The second-order valence-electron chi connectivity index (χ2n) is 6.18. The van der Waals surface area contributed by atoms with Crippen LogP contribution in [0.1, 0.15) is 48.7 Å². The number of unbranched alkanes of at least 4 members (excludes halogenated alkanes) is 2. The van der Waals surface area contributed by atoms with Gasteiger partial charge in [0.1, 0.15) is 6.26 Å². The molecule has 0 aliphatic heterocycles. The van der Waals surface area contributed by atoms with Crippen LogP contribution >= 0.6 is 0 Å². The van der Waals surface area contributed by atoms with Crippen LogP contribution in [0.4, 0.5) is 0 Å². The molecule has 1 N–H and O–H groups in total. The van der Waals surface area contributed by atoms with Gasteiger partial charge in [0.2, 0.25) is 5.91 Å².